The number of phenols is 1. The van der Waals surface area contributed by atoms with Gasteiger partial charge >= 0.3 is 0 Å². The zero-order valence-corrected chi connectivity index (χ0v) is 12.5. The van der Waals surface area contributed by atoms with E-state index in [0.717, 1.165) is 6.07 Å². The second-order valence-corrected chi connectivity index (χ2v) is 4.77. The predicted molar refractivity (Wildman–Crippen MR) is 82.2 cm³/mol. The molecule has 0 radical (unpaired) electrons. The fourth-order valence-electron chi connectivity index (χ4n) is 1.68. The Morgan fingerprint density at radius 3 is 2.48 bits per heavy atom. The van der Waals surface area contributed by atoms with Gasteiger partial charge in [-0.2, -0.15) is 0 Å². The lowest BCUT2D eigenvalue weighted by atomic mass is 10.2. The molecule has 0 atom stereocenters. The molecule has 0 bridgehead atoms. The number of aromatic amines is 1. The minimum Gasteiger partial charge on any atom is -0.507 e. The Labute approximate surface area is 130 Å². The molecule has 0 saturated carbocycles. The van der Waals surface area contributed by atoms with Crippen LogP contribution in [-0.2, 0) is 0 Å². The number of benzene rings is 1. The summed E-state index contributed by atoms with van der Waals surface area (Å²) in [7, 11) is 3.31. The van der Waals surface area contributed by atoms with Crippen LogP contribution >= 0.6 is 0 Å². The van der Waals surface area contributed by atoms with E-state index in [-0.39, 0.29) is 23.0 Å². The zero-order valence-electron chi connectivity index (χ0n) is 12.5. The Balaban J connectivity index is 2.10. The van der Waals surface area contributed by atoms with Crippen molar-refractivity contribution in [3.05, 3.63) is 51.9 Å². The van der Waals surface area contributed by atoms with Crippen molar-refractivity contribution in [1.29, 1.82) is 0 Å². The minimum absolute atomic E-state index is 0.000601. The van der Waals surface area contributed by atoms with Crippen LogP contribution in [0.2, 0.25) is 0 Å². The van der Waals surface area contributed by atoms with Crippen molar-refractivity contribution in [3.8, 4) is 5.75 Å². The first-order valence-electron chi connectivity index (χ1n) is 6.56. The van der Waals surface area contributed by atoms with Crippen molar-refractivity contribution in [1.82, 2.24) is 20.8 Å². The summed E-state index contributed by atoms with van der Waals surface area (Å²) in [5.74, 6) is -1.48. The van der Waals surface area contributed by atoms with Gasteiger partial charge in [-0.1, -0.05) is 12.1 Å². The number of hydrazine groups is 1. The second kappa shape index (κ2) is 6.60. The van der Waals surface area contributed by atoms with Gasteiger partial charge < -0.3 is 10.0 Å². The summed E-state index contributed by atoms with van der Waals surface area (Å²) >= 11 is 0. The summed E-state index contributed by atoms with van der Waals surface area (Å²) in [5, 5.41) is 9.56. The molecule has 0 aliphatic carbocycles. The summed E-state index contributed by atoms with van der Waals surface area (Å²) in [4.78, 5) is 43.3. The largest absolute Gasteiger partial charge is 0.507 e. The summed E-state index contributed by atoms with van der Waals surface area (Å²) < 4.78 is 0. The number of nitrogens with zero attached hydrogens (tertiary/aromatic N) is 2. The van der Waals surface area contributed by atoms with Gasteiger partial charge in [0.15, 0.2) is 0 Å². The molecule has 0 spiro atoms. The van der Waals surface area contributed by atoms with Gasteiger partial charge in [0.2, 0.25) is 5.95 Å². The first-order chi connectivity index (χ1) is 10.9. The molecule has 0 fully saturated rings. The van der Waals surface area contributed by atoms with E-state index in [1.165, 1.54) is 17.0 Å². The standard InChI is InChI=1S/C14H15N5O4/c1-19(2)14-15-9(7-11(21)16-14)13(23)18-17-12(22)8-5-3-4-6-10(8)20/h3-7,20H,1-2H3,(H,17,22)(H,18,23)(H,15,16,21). The van der Waals surface area contributed by atoms with Crippen LogP contribution in [0.5, 0.6) is 5.75 Å². The quantitative estimate of drug-likeness (QED) is 0.571. The van der Waals surface area contributed by atoms with Crippen LogP contribution in [-0.4, -0.2) is 41.0 Å². The number of H-pyrrole nitrogens is 1. The van der Waals surface area contributed by atoms with Gasteiger partial charge in [0.05, 0.1) is 5.56 Å². The number of nitrogens with one attached hydrogen (secondary N) is 3. The maximum Gasteiger partial charge on any atom is 0.288 e. The van der Waals surface area contributed by atoms with Crippen molar-refractivity contribution in [2.45, 2.75) is 0 Å². The molecule has 0 unspecified atom stereocenters. The SMILES string of the molecule is CN(C)c1nc(C(=O)NNC(=O)c2ccccc2O)cc(=O)[nH]1. The highest BCUT2D eigenvalue weighted by atomic mass is 16.3. The summed E-state index contributed by atoms with van der Waals surface area (Å²) in [5.41, 5.74) is 3.62. The molecule has 2 aromatic rings. The van der Waals surface area contributed by atoms with Crippen LogP contribution < -0.4 is 21.3 Å². The van der Waals surface area contributed by atoms with Gasteiger partial charge in [-0.25, -0.2) is 4.98 Å². The monoisotopic (exact) mass is 317 g/mol. The highest BCUT2D eigenvalue weighted by molar-refractivity contribution is 5.99. The summed E-state index contributed by atoms with van der Waals surface area (Å²) in [6.45, 7) is 0. The van der Waals surface area contributed by atoms with E-state index in [0.29, 0.717) is 0 Å². The Hall–Kier alpha value is -3.36. The number of anilines is 1. The minimum atomic E-state index is -0.761. The molecule has 2 amide bonds. The highest BCUT2D eigenvalue weighted by Gasteiger charge is 2.14. The molecule has 120 valence electrons. The number of hydrogen-bond donors (Lipinski definition) is 4. The Morgan fingerprint density at radius 1 is 1.17 bits per heavy atom. The molecule has 1 aromatic heterocycles. The van der Waals surface area contributed by atoms with Crippen LogP contribution in [0.25, 0.3) is 0 Å². The van der Waals surface area contributed by atoms with Crippen molar-refractivity contribution < 1.29 is 14.7 Å². The smallest absolute Gasteiger partial charge is 0.288 e. The summed E-state index contributed by atoms with van der Waals surface area (Å²) in [6.07, 6.45) is 0. The number of rotatable bonds is 3. The molecule has 23 heavy (non-hydrogen) atoms. The lowest BCUT2D eigenvalue weighted by molar-refractivity contribution is 0.0842. The number of carbonyl (C=O) groups excluding carboxylic acids is 2. The van der Waals surface area contributed by atoms with Crippen LogP contribution in [0.3, 0.4) is 0 Å². The topological polar surface area (TPSA) is 127 Å². The molecule has 1 heterocycles. The molecular formula is C14H15N5O4. The maximum atomic E-state index is 12.0. The molecule has 0 aliphatic heterocycles. The number of aromatic nitrogens is 2. The van der Waals surface area contributed by atoms with Crippen molar-refractivity contribution >= 4 is 17.8 Å². The molecule has 4 N–H and O–H groups in total. The molecule has 9 nitrogen and oxygen atoms in total. The van der Waals surface area contributed by atoms with E-state index in [2.05, 4.69) is 20.8 Å². The number of carbonyl (C=O) groups is 2. The molecule has 9 heteroatoms. The van der Waals surface area contributed by atoms with E-state index in [4.69, 9.17) is 0 Å². The lowest BCUT2D eigenvalue weighted by Gasteiger charge is -2.12. The molecule has 0 saturated heterocycles. The van der Waals surface area contributed by atoms with E-state index in [1.807, 2.05) is 0 Å². The number of amides is 2. The number of aromatic hydroxyl groups is 1. The van der Waals surface area contributed by atoms with Gasteiger partial charge in [0, 0.05) is 20.2 Å². The first-order valence-corrected chi connectivity index (χ1v) is 6.56. The molecular weight excluding hydrogens is 302 g/mol. The van der Waals surface area contributed by atoms with Gasteiger partial charge in [-0.05, 0) is 12.1 Å². The molecule has 0 aliphatic rings. The van der Waals surface area contributed by atoms with Crippen LogP contribution in [0.4, 0.5) is 5.95 Å². The Morgan fingerprint density at radius 2 is 1.83 bits per heavy atom. The Kier molecular flexibility index (Phi) is 4.60. The van der Waals surface area contributed by atoms with Crippen molar-refractivity contribution in [2.75, 3.05) is 19.0 Å². The van der Waals surface area contributed by atoms with Crippen LogP contribution in [0.15, 0.2) is 35.1 Å². The first kappa shape index (κ1) is 16.0. The fourth-order valence-corrected chi connectivity index (χ4v) is 1.68. The highest BCUT2D eigenvalue weighted by Crippen LogP contribution is 2.14. The third-order valence-electron chi connectivity index (χ3n) is 2.82. The van der Waals surface area contributed by atoms with E-state index in [1.54, 1.807) is 26.2 Å². The van der Waals surface area contributed by atoms with Gasteiger partial charge in [0.25, 0.3) is 17.4 Å². The predicted octanol–water partition coefficient (Wildman–Crippen LogP) is -0.384. The van der Waals surface area contributed by atoms with Gasteiger partial charge in [-0.3, -0.25) is 30.2 Å². The maximum absolute atomic E-state index is 12.0. The average Bonchev–Trinajstić information content (AvgIpc) is 2.52. The lowest BCUT2D eigenvalue weighted by Crippen LogP contribution is -2.42. The van der Waals surface area contributed by atoms with E-state index in [9.17, 15) is 19.5 Å². The number of hydrogen-bond acceptors (Lipinski definition) is 6. The van der Waals surface area contributed by atoms with Crippen LogP contribution in [0.1, 0.15) is 20.8 Å². The van der Waals surface area contributed by atoms with Gasteiger partial charge in [-0.15, -0.1) is 0 Å². The normalized spacial score (nSPS) is 10.0. The summed E-state index contributed by atoms with van der Waals surface area (Å²) in [6, 6.07) is 6.88. The fraction of sp³-hybridized carbons (Fsp3) is 0.143. The average molecular weight is 317 g/mol. The van der Waals surface area contributed by atoms with Crippen LogP contribution in [0, 0.1) is 0 Å². The number of para-hydroxylation sites is 1. The molecule has 2 rings (SSSR count). The third-order valence-corrected chi connectivity index (χ3v) is 2.82. The van der Waals surface area contributed by atoms with E-state index >= 15 is 0 Å². The van der Waals surface area contributed by atoms with Crippen molar-refractivity contribution in [2.24, 2.45) is 0 Å². The van der Waals surface area contributed by atoms with E-state index < -0.39 is 17.4 Å². The third kappa shape index (κ3) is 3.84. The number of phenolic OH excluding ortho intramolecular Hbond substituents is 1. The van der Waals surface area contributed by atoms with Gasteiger partial charge in [0.1, 0.15) is 11.4 Å². The van der Waals surface area contributed by atoms with Crippen molar-refractivity contribution in [3.63, 3.8) is 0 Å². The Bertz CT molecular complexity index is 800. The molecule has 1 aromatic carbocycles. The zero-order chi connectivity index (χ0) is 17.0. The second-order valence-electron chi connectivity index (χ2n) is 4.77.